The molecule has 4 amide bonds. The number of carbonyl (C=O) groups is 3. The average molecular weight is 399 g/mol. The van der Waals surface area contributed by atoms with Crippen LogP contribution in [-0.4, -0.2) is 35.8 Å². The lowest BCUT2D eigenvalue weighted by Crippen LogP contribution is -2.43. The Balaban J connectivity index is 2.07. The molecule has 0 saturated carbocycles. The third-order valence-corrected chi connectivity index (χ3v) is 4.70. The number of hydrogen-bond acceptors (Lipinski definition) is 3. The number of rotatable bonds is 8. The van der Waals surface area contributed by atoms with Crippen molar-refractivity contribution in [2.24, 2.45) is 0 Å². The van der Waals surface area contributed by atoms with Crippen LogP contribution in [0.4, 0.5) is 18.0 Å². The van der Waals surface area contributed by atoms with Crippen LogP contribution in [0.15, 0.2) is 24.3 Å². The lowest BCUT2D eigenvalue weighted by atomic mass is 9.90. The van der Waals surface area contributed by atoms with Crippen LogP contribution in [0.1, 0.15) is 50.7 Å². The number of nitrogens with zero attached hydrogens (tertiary/aromatic N) is 1. The Labute approximate surface area is 161 Å². The van der Waals surface area contributed by atoms with Crippen LogP contribution in [0, 0.1) is 0 Å². The Hall–Kier alpha value is -2.58. The molecule has 1 aromatic carbocycles. The van der Waals surface area contributed by atoms with E-state index in [0.29, 0.717) is 6.54 Å². The molecule has 6 nitrogen and oxygen atoms in total. The van der Waals surface area contributed by atoms with Gasteiger partial charge in [0.25, 0.3) is 5.91 Å². The zero-order chi connectivity index (χ0) is 20.9. The van der Waals surface area contributed by atoms with E-state index in [1.807, 2.05) is 0 Å². The Morgan fingerprint density at radius 3 is 2.57 bits per heavy atom. The van der Waals surface area contributed by atoms with Crippen molar-refractivity contribution in [2.45, 2.75) is 51.2 Å². The Morgan fingerprint density at radius 1 is 1.21 bits per heavy atom. The van der Waals surface area contributed by atoms with Crippen molar-refractivity contribution >= 4 is 17.8 Å². The van der Waals surface area contributed by atoms with Crippen LogP contribution in [-0.2, 0) is 21.3 Å². The lowest BCUT2D eigenvalue weighted by Gasteiger charge is -2.23. The minimum absolute atomic E-state index is 0.00292. The SMILES string of the molecule is CCCCCCNC(=O)CN1C(=O)NC(C)(c2cccc(C(F)(F)F)c2)C1=O. The largest absolute Gasteiger partial charge is 0.416 e. The second kappa shape index (κ2) is 8.62. The number of amides is 4. The fourth-order valence-corrected chi connectivity index (χ4v) is 3.02. The van der Waals surface area contributed by atoms with Crippen molar-refractivity contribution < 1.29 is 27.6 Å². The van der Waals surface area contributed by atoms with Crippen LogP contribution in [0.2, 0.25) is 0 Å². The van der Waals surface area contributed by atoms with Gasteiger partial charge in [-0.3, -0.25) is 14.5 Å². The van der Waals surface area contributed by atoms with E-state index in [9.17, 15) is 27.6 Å². The first-order chi connectivity index (χ1) is 13.1. The number of halogens is 3. The minimum atomic E-state index is -4.57. The second-order valence-corrected chi connectivity index (χ2v) is 6.94. The molecular formula is C19H24F3N3O3. The van der Waals surface area contributed by atoms with Crippen molar-refractivity contribution in [1.82, 2.24) is 15.5 Å². The fourth-order valence-electron chi connectivity index (χ4n) is 3.02. The second-order valence-electron chi connectivity index (χ2n) is 6.94. The van der Waals surface area contributed by atoms with E-state index in [-0.39, 0.29) is 5.56 Å². The van der Waals surface area contributed by atoms with E-state index in [0.717, 1.165) is 42.7 Å². The summed E-state index contributed by atoms with van der Waals surface area (Å²) in [7, 11) is 0. The van der Waals surface area contributed by atoms with Crippen molar-refractivity contribution in [3.05, 3.63) is 35.4 Å². The molecule has 1 heterocycles. The molecule has 1 saturated heterocycles. The maximum Gasteiger partial charge on any atom is 0.416 e. The van der Waals surface area contributed by atoms with Gasteiger partial charge in [0.15, 0.2) is 0 Å². The smallest absolute Gasteiger partial charge is 0.355 e. The molecule has 1 fully saturated rings. The van der Waals surface area contributed by atoms with Crippen LogP contribution < -0.4 is 10.6 Å². The summed E-state index contributed by atoms with van der Waals surface area (Å²) < 4.78 is 38.9. The maximum atomic E-state index is 13.0. The van der Waals surface area contributed by atoms with Gasteiger partial charge in [0.2, 0.25) is 5.91 Å². The van der Waals surface area contributed by atoms with E-state index in [1.165, 1.54) is 19.1 Å². The number of hydrogen-bond donors (Lipinski definition) is 2. The molecule has 0 aliphatic carbocycles. The van der Waals surface area contributed by atoms with Crippen LogP contribution in [0.25, 0.3) is 0 Å². The highest BCUT2D eigenvalue weighted by atomic mass is 19.4. The van der Waals surface area contributed by atoms with E-state index in [1.54, 1.807) is 0 Å². The summed E-state index contributed by atoms with van der Waals surface area (Å²) in [4.78, 5) is 37.7. The van der Waals surface area contributed by atoms with Gasteiger partial charge in [-0.25, -0.2) is 4.79 Å². The number of carbonyl (C=O) groups excluding carboxylic acids is 3. The number of benzene rings is 1. The highest BCUT2D eigenvalue weighted by molar-refractivity contribution is 6.09. The fraction of sp³-hybridized carbons (Fsp3) is 0.526. The molecule has 1 aliphatic heterocycles. The molecule has 1 unspecified atom stereocenters. The van der Waals surface area contributed by atoms with Crippen molar-refractivity contribution in [2.75, 3.05) is 13.1 Å². The van der Waals surface area contributed by atoms with Crippen molar-refractivity contribution in [1.29, 1.82) is 0 Å². The van der Waals surface area contributed by atoms with Gasteiger partial charge in [0, 0.05) is 6.54 Å². The number of unbranched alkanes of at least 4 members (excludes halogenated alkanes) is 3. The van der Waals surface area contributed by atoms with Crippen molar-refractivity contribution in [3.63, 3.8) is 0 Å². The molecular weight excluding hydrogens is 375 g/mol. The van der Waals surface area contributed by atoms with Crippen molar-refractivity contribution in [3.8, 4) is 0 Å². The normalized spacial score (nSPS) is 19.7. The monoisotopic (exact) mass is 399 g/mol. The highest BCUT2D eigenvalue weighted by Crippen LogP contribution is 2.34. The Morgan fingerprint density at radius 2 is 1.93 bits per heavy atom. The summed E-state index contributed by atoms with van der Waals surface area (Å²) in [6.45, 7) is 3.35. The first-order valence-electron chi connectivity index (χ1n) is 9.18. The number of urea groups is 1. The molecule has 28 heavy (non-hydrogen) atoms. The third kappa shape index (κ3) is 4.82. The lowest BCUT2D eigenvalue weighted by molar-refractivity contribution is -0.138. The van der Waals surface area contributed by atoms with Gasteiger partial charge >= 0.3 is 12.2 Å². The zero-order valence-corrected chi connectivity index (χ0v) is 15.9. The molecule has 0 bridgehead atoms. The van der Waals surface area contributed by atoms with Gasteiger partial charge in [-0.1, -0.05) is 38.3 Å². The Kier molecular flexibility index (Phi) is 6.69. The highest BCUT2D eigenvalue weighted by Gasteiger charge is 2.50. The first kappa shape index (κ1) is 21.7. The van der Waals surface area contributed by atoms with Gasteiger partial charge in [0.1, 0.15) is 12.1 Å². The van der Waals surface area contributed by atoms with Crippen LogP contribution >= 0.6 is 0 Å². The average Bonchev–Trinajstić information content (AvgIpc) is 2.85. The van der Waals surface area contributed by atoms with Gasteiger partial charge in [-0.2, -0.15) is 13.2 Å². The summed E-state index contributed by atoms with van der Waals surface area (Å²) in [6.07, 6.45) is -0.701. The number of alkyl halides is 3. The molecule has 0 spiro atoms. The topological polar surface area (TPSA) is 78.5 Å². The molecule has 154 valence electrons. The minimum Gasteiger partial charge on any atom is -0.355 e. The number of nitrogens with one attached hydrogen (secondary N) is 2. The molecule has 2 N–H and O–H groups in total. The summed E-state index contributed by atoms with van der Waals surface area (Å²) >= 11 is 0. The van der Waals surface area contributed by atoms with Gasteiger partial charge < -0.3 is 10.6 Å². The van der Waals surface area contributed by atoms with Crippen LogP contribution in [0.3, 0.4) is 0 Å². The summed E-state index contributed by atoms with van der Waals surface area (Å²) in [6, 6.07) is 3.41. The third-order valence-electron chi connectivity index (χ3n) is 4.70. The zero-order valence-electron chi connectivity index (χ0n) is 15.9. The van der Waals surface area contributed by atoms with Gasteiger partial charge in [-0.15, -0.1) is 0 Å². The van der Waals surface area contributed by atoms with E-state index < -0.39 is 41.7 Å². The van der Waals surface area contributed by atoms with E-state index in [2.05, 4.69) is 17.6 Å². The molecule has 0 aromatic heterocycles. The van der Waals surface area contributed by atoms with Gasteiger partial charge in [0.05, 0.1) is 5.56 Å². The molecule has 1 aromatic rings. The summed E-state index contributed by atoms with van der Waals surface area (Å²) in [5.41, 5.74) is -2.58. The maximum absolute atomic E-state index is 13.0. The molecule has 1 aliphatic rings. The quantitative estimate of drug-likeness (QED) is 0.521. The molecule has 9 heteroatoms. The Bertz CT molecular complexity index is 751. The predicted molar refractivity (Wildman–Crippen MR) is 96.2 cm³/mol. The first-order valence-corrected chi connectivity index (χ1v) is 9.18. The predicted octanol–water partition coefficient (Wildman–Crippen LogP) is 3.17. The molecule has 1 atom stereocenters. The number of imide groups is 1. The summed E-state index contributed by atoms with van der Waals surface area (Å²) in [5, 5.41) is 5.05. The standard InChI is InChI=1S/C19H24F3N3O3/c1-3-4-5-6-10-23-15(26)12-25-16(27)18(2,24-17(25)28)13-8-7-9-14(11-13)19(20,21)22/h7-9,11H,3-6,10,12H2,1-2H3,(H,23,26)(H,24,28). The van der Waals surface area contributed by atoms with Crippen LogP contribution in [0.5, 0.6) is 0 Å². The molecule has 2 rings (SSSR count). The summed E-state index contributed by atoms with van der Waals surface area (Å²) in [5.74, 6) is -1.26. The van der Waals surface area contributed by atoms with Gasteiger partial charge in [-0.05, 0) is 31.0 Å². The molecule has 0 radical (unpaired) electrons. The van der Waals surface area contributed by atoms with E-state index >= 15 is 0 Å². The van der Waals surface area contributed by atoms with E-state index in [4.69, 9.17) is 0 Å².